The fourth-order valence-electron chi connectivity index (χ4n) is 3.41. The lowest BCUT2D eigenvalue weighted by Crippen LogP contribution is -2.67. The maximum absolute atomic E-state index is 12.0. The summed E-state index contributed by atoms with van der Waals surface area (Å²) in [6, 6.07) is 2.60. The largest absolute Gasteiger partial charge is 0.493 e. The predicted octanol–water partition coefficient (Wildman–Crippen LogP) is 0.428. The molecule has 1 aliphatic rings. The Bertz CT molecular complexity index is 977. The first-order valence-corrected chi connectivity index (χ1v) is 10.4. The van der Waals surface area contributed by atoms with Crippen LogP contribution in [-0.2, 0) is 38.1 Å². The number of nitrogens with one attached hydrogen (secondary N) is 1. The Balaban J connectivity index is 2.52. The van der Waals surface area contributed by atoms with E-state index >= 15 is 0 Å². The van der Waals surface area contributed by atoms with Gasteiger partial charge in [-0.05, 0) is 18.2 Å². The molecule has 5 atom stereocenters. The Morgan fingerprint density at radius 3 is 2.09 bits per heavy atom. The second-order valence-corrected chi connectivity index (χ2v) is 7.51. The van der Waals surface area contributed by atoms with Crippen molar-refractivity contribution in [3.05, 3.63) is 23.8 Å². The molecule has 0 unspecified atom stereocenters. The van der Waals surface area contributed by atoms with E-state index in [0.29, 0.717) is 0 Å². The number of carbonyl (C=O) groups excluding carboxylic acids is 4. The zero-order valence-electron chi connectivity index (χ0n) is 19.8. The molecule has 1 heterocycles. The van der Waals surface area contributed by atoms with Gasteiger partial charge in [0, 0.05) is 27.7 Å². The van der Waals surface area contributed by atoms with E-state index in [1.807, 2.05) is 0 Å². The number of carboxylic acid groups (broad SMARTS) is 1. The number of ether oxygens (including phenoxy) is 6. The van der Waals surface area contributed by atoms with Crippen LogP contribution in [0.4, 0.5) is 0 Å². The van der Waals surface area contributed by atoms with Gasteiger partial charge in [0.2, 0.25) is 12.2 Å². The van der Waals surface area contributed by atoms with Gasteiger partial charge in [0.25, 0.3) is 0 Å². The standard InChI is InChI=1S/C22H27NO12/c1-10(24)23-18-20(33-13(4)27)19(32-12(3)26)17(9-31-11(2)25)35-22(18)34-15-7-6-14(21(28)29)8-16(15)30-5/h6-8,17-20,22H,9H2,1-5H3,(H,23,24)(H,28,29)/t17-,18-,19+,20-,22+/m0/s1. The van der Waals surface area contributed by atoms with E-state index in [9.17, 15) is 29.1 Å². The molecule has 35 heavy (non-hydrogen) atoms. The molecular weight excluding hydrogens is 470 g/mol. The van der Waals surface area contributed by atoms with Crippen molar-refractivity contribution in [3.8, 4) is 11.5 Å². The van der Waals surface area contributed by atoms with E-state index in [4.69, 9.17) is 28.4 Å². The summed E-state index contributed by atoms with van der Waals surface area (Å²) in [5.74, 6) is -3.80. The van der Waals surface area contributed by atoms with Gasteiger partial charge in [-0.25, -0.2) is 4.79 Å². The molecule has 13 nitrogen and oxygen atoms in total. The third-order valence-corrected chi connectivity index (χ3v) is 4.72. The van der Waals surface area contributed by atoms with Gasteiger partial charge in [-0.2, -0.15) is 0 Å². The van der Waals surface area contributed by atoms with E-state index in [1.54, 1.807) is 0 Å². The summed E-state index contributed by atoms with van der Waals surface area (Å²) in [6.45, 7) is 4.22. The monoisotopic (exact) mass is 497 g/mol. The highest BCUT2D eigenvalue weighted by atomic mass is 16.7. The third kappa shape index (κ3) is 7.57. The third-order valence-electron chi connectivity index (χ3n) is 4.72. The van der Waals surface area contributed by atoms with Crippen LogP contribution in [0.5, 0.6) is 11.5 Å². The number of aromatic carboxylic acids is 1. The average molecular weight is 497 g/mol. The minimum absolute atomic E-state index is 0.0385. The van der Waals surface area contributed by atoms with Crippen LogP contribution in [0, 0.1) is 0 Å². The molecule has 0 radical (unpaired) electrons. The first kappa shape index (κ1) is 27.4. The molecule has 1 aliphatic heterocycles. The van der Waals surface area contributed by atoms with Gasteiger partial charge in [-0.1, -0.05) is 0 Å². The molecule has 1 amide bonds. The molecule has 0 aliphatic carbocycles. The molecule has 1 fully saturated rings. The molecule has 13 heteroatoms. The van der Waals surface area contributed by atoms with Crippen LogP contribution in [0.3, 0.4) is 0 Å². The Morgan fingerprint density at radius 2 is 1.57 bits per heavy atom. The molecule has 0 aromatic heterocycles. The minimum atomic E-state index is -1.37. The summed E-state index contributed by atoms with van der Waals surface area (Å²) in [6.07, 6.45) is -5.11. The van der Waals surface area contributed by atoms with E-state index in [-0.39, 0.29) is 17.1 Å². The van der Waals surface area contributed by atoms with Crippen molar-refractivity contribution in [2.24, 2.45) is 0 Å². The molecule has 1 aromatic rings. The lowest BCUT2D eigenvalue weighted by molar-refractivity contribution is -0.257. The molecule has 192 valence electrons. The molecule has 1 aromatic carbocycles. The van der Waals surface area contributed by atoms with Crippen molar-refractivity contribution >= 4 is 29.8 Å². The normalized spacial score (nSPS) is 23.4. The highest BCUT2D eigenvalue weighted by molar-refractivity contribution is 5.88. The molecule has 1 saturated heterocycles. The minimum Gasteiger partial charge on any atom is -0.493 e. The van der Waals surface area contributed by atoms with Crippen molar-refractivity contribution in [2.75, 3.05) is 13.7 Å². The Kier molecular flexibility index (Phi) is 9.40. The number of hydrogen-bond acceptors (Lipinski definition) is 11. The maximum Gasteiger partial charge on any atom is 0.335 e. The van der Waals surface area contributed by atoms with Crippen molar-refractivity contribution in [1.82, 2.24) is 5.32 Å². The number of rotatable bonds is 9. The van der Waals surface area contributed by atoms with Gasteiger partial charge in [-0.3, -0.25) is 19.2 Å². The van der Waals surface area contributed by atoms with Gasteiger partial charge in [-0.15, -0.1) is 0 Å². The highest BCUT2D eigenvalue weighted by Gasteiger charge is 2.52. The van der Waals surface area contributed by atoms with E-state index in [0.717, 1.165) is 20.8 Å². The summed E-state index contributed by atoms with van der Waals surface area (Å²) < 4.78 is 32.7. The average Bonchev–Trinajstić information content (AvgIpc) is 2.75. The fourth-order valence-corrected chi connectivity index (χ4v) is 3.41. The predicted molar refractivity (Wildman–Crippen MR) is 115 cm³/mol. The second-order valence-electron chi connectivity index (χ2n) is 7.51. The van der Waals surface area contributed by atoms with Crippen LogP contribution in [0.25, 0.3) is 0 Å². The van der Waals surface area contributed by atoms with E-state index in [1.165, 1.54) is 32.2 Å². The quantitative estimate of drug-likeness (QED) is 0.356. The van der Waals surface area contributed by atoms with Gasteiger partial charge in [0.15, 0.2) is 23.7 Å². The number of hydrogen-bond donors (Lipinski definition) is 2. The Labute approximate surface area is 200 Å². The summed E-state index contributed by atoms with van der Waals surface area (Å²) in [4.78, 5) is 58.4. The number of carboxylic acids is 1. The fraction of sp³-hybridized carbons (Fsp3) is 0.500. The molecule has 0 bridgehead atoms. The maximum atomic E-state index is 12.0. The number of methoxy groups -OCH3 is 1. The van der Waals surface area contributed by atoms with Crippen molar-refractivity contribution < 1.29 is 57.5 Å². The van der Waals surface area contributed by atoms with Crippen LogP contribution >= 0.6 is 0 Å². The van der Waals surface area contributed by atoms with Gasteiger partial charge in [0.05, 0.1) is 12.7 Å². The summed E-state index contributed by atoms with van der Waals surface area (Å²) in [7, 11) is 1.29. The zero-order chi connectivity index (χ0) is 26.3. The zero-order valence-corrected chi connectivity index (χ0v) is 19.8. The summed E-state index contributed by atoms with van der Waals surface area (Å²) >= 11 is 0. The Morgan fingerprint density at radius 1 is 0.943 bits per heavy atom. The van der Waals surface area contributed by atoms with Crippen molar-refractivity contribution in [3.63, 3.8) is 0 Å². The smallest absolute Gasteiger partial charge is 0.335 e. The van der Waals surface area contributed by atoms with Crippen molar-refractivity contribution in [1.29, 1.82) is 0 Å². The number of amides is 1. The first-order chi connectivity index (χ1) is 16.4. The van der Waals surface area contributed by atoms with E-state index in [2.05, 4.69) is 5.32 Å². The molecule has 0 saturated carbocycles. The molecule has 0 spiro atoms. The first-order valence-electron chi connectivity index (χ1n) is 10.4. The molecular formula is C22H27NO12. The summed E-state index contributed by atoms with van der Waals surface area (Å²) in [5, 5.41) is 11.8. The highest BCUT2D eigenvalue weighted by Crippen LogP contribution is 2.33. The van der Waals surface area contributed by atoms with Crippen molar-refractivity contribution in [2.45, 2.75) is 58.3 Å². The molecule has 2 rings (SSSR count). The van der Waals surface area contributed by atoms with Gasteiger partial charge < -0.3 is 38.8 Å². The topological polar surface area (TPSA) is 173 Å². The SMILES string of the molecule is COc1cc(C(=O)O)ccc1O[C@@H]1O[C@@H](COC(C)=O)[C@@H](OC(C)=O)[C@@H](OC(C)=O)[C@@H]1NC(C)=O. The lowest BCUT2D eigenvalue weighted by Gasteiger charge is -2.44. The lowest BCUT2D eigenvalue weighted by atomic mass is 9.96. The number of benzene rings is 1. The van der Waals surface area contributed by atoms with Gasteiger partial charge >= 0.3 is 23.9 Å². The number of esters is 3. The van der Waals surface area contributed by atoms with Crippen LogP contribution < -0.4 is 14.8 Å². The summed E-state index contributed by atoms with van der Waals surface area (Å²) in [5.41, 5.74) is -0.0716. The Hall–Kier alpha value is -3.87. The van der Waals surface area contributed by atoms with Crippen LogP contribution in [-0.4, -0.2) is 79.3 Å². The van der Waals surface area contributed by atoms with Crippen LogP contribution in [0.15, 0.2) is 18.2 Å². The van der Waals surface area contributed by atoms with E-state index < -0.39 is 67.0 Å². The molecule has 2 N–H and O–H groups in total. The second kappa shape index (κ2) is 12.0. The van der Waals surface area contributed by atoms with Crippen LogP contribution in [0.2, 0.25) is 0 Å². The number of carbonyl (C=O) groups is 5. The van der Waals surface area contributed by atoms with Gasteiger partial charge in [0.1, 0.15) is 18.8 Å². The van der Waals surface area contributed by atoms with Crippen LogP contribution in [0.1, 0.15) is 38.1 Å².